The normalized spacial score (nSPS) is 11.9. The third-order valence-electron chi connectivity index (χ3n) is 0.773. The van der Waals surface area contributed by atoms with Crippen molar-refractivity contribution in [2.45, 2.75) is 6.92 Å². The van der Waals surface area contributed by atoms with Crippen molar-refractivity contribution in [1.82, 2.24) is 10.4 Å². The smallest absolute Gasteiger partial charge is 0.117 e. The molecule has 0 aliphatic heterocycles. The van der Waals surface area contributed by atoms with Gasteiger partial charge in [-0.3, -0.25) is 0 Å². The summed E-state index contributed by atoms with van der Waals surface area (Å²) in [6.07, 6.45) is 1.33. The minimum atomic E-state index is -0.438. The van der Waals surface area contributed by atoms with Crippen molar-refractivity contribution in [3.63, 3.8) is 0 Å². The van der Waals surface area contributed by atoms with Crippen LogP contribution in [-0.4, -0.2) is 19.1 Å². The van der Waals surface area contributed by atoms with Crippen LogP contribution in [0.2, 0.25) is 0 Å². The van der Waals surface area contributed by atoms with E-state index in [1.165, 1.54) is 6.08 Å². The van der Waals surface area contributed by atoms with Gasteiger partial charge in [-0.1, -0.05) is 6.58 Å². The average molecular weight is 144 g/mol. The Morgan fingerprint density at radius 1 is 1.60 bits per heavy atom. The molecular weight excluding hydrogens is 131 g/mol. The molecule has 0 aromatic rings. The van der Waals surface area contributed by atoms with Crippen LogP contribution in [0.5, 0.6) is 0 Å². The lowest BCUT2D eigenvalue weighted by atomic mass is 10.4. The summed E-state index contributed by atoms with van der Waals surface area (Å²) < 4.78 is 12.1. The maximum absolute atomic E-state index is 12.1. The molecule has 0 saturated carbocycles. The van der Waals surface area contributed by atoms with Crippen LogP contribution in [-0.2, 0) is 0 Å². The maximum Gasteiger partial charge on any atom is 0.117 e. The molecule has 0 rings (SSSR count). The quantitative estimate of drug-likeness (QED) is 0.476. The number of hydrogen-bond donors (Lipinski definition) is 1. The Kier molecular flexibility index (Phi) is 3.72. The number of rotatable bonds is 3. The van der Waals surface area contributed by atoms with Crippen LogP contribution < -0.4 is 5.43 Å². The van der Waals surface area contributed by atoms with Gasteiger partial charge in [0.25, 0.3) is 0 Å². The monoisotopic (exact) mass is 144 g/mol. The lowest BCUT2D eigenvalue weighted by Gasteiger charge is -2.12. The van der Waals surface area contributed by atoms with E-state index in [0.717, 1.165) is 5.70 Å². The molecule has 0 aliphatic rings. The van der Waals surface area contributed by atoms with Crippen LogP contribution in [0.25, 0.3) is 0 Å². The summed E-state index contributed by atoms with van der Waals surface area (Å²) >= 11 is 0. The molecule has 0 fully saturated rings. The number of hydrogen-bond acceptors (Lipinski definition) is 2. The zero-order valence-electron chi connectivity index (χ0n) is 6.61. The maximum atomic E-state index is 12.1. The highest BCUT2D eigenvalue weighted by molar-refractivity contribution is 5.11. The van der Waals surface area contributed by atoms with E-state index in [1.807, 2.05) is 14.1 Å². The van der Waals surface area contributed by atoms with E-state index in [1.54, 1.807) is 11.9 Å². The van der Waals surface area contributed by atoms with Gasteiger partial charge in [0.15, 0.2) is 0 Å². The van der Waals surface area contributed by atoms with Crippen molar-refractivity contribution in [3.05, 3.63) is 24.2 Å². The van der Waals surface area contributed by atoms with Crippen molar-refractivity contribution in [2.24, 2.45) is 0 Å². The molecule has 0 unspecified atom stereocenters. The van der Waals surface area contributed by atoms with Crippen LogP contribution in [0, 0.1) is 0 Å². The largest absolute Gasteiger partial charge is 0.324 e. The van der Waals surface area contributed by atoms with Crippen LogP contribution in [0.3, 0.4) is 0 Å². The molecule has 3 heteroatoms. The third kappa shape index (κ3) is 5.31. The molecular formula is C7H13FN2. The first-order valence-electron chi connectivity index (χ1n) is 2.99. The molecule has 0 spiro atoms. The molecule has 0 bridgehead atoms. The molecule has 1 N–H and O–H groups in total. The van der Waals surface area contributed by atoms with Crippen molar-refractivity contribution in [2.75, 3.05) is 14.1 Å². The summed E-state index contributed by atoms with van der Waals surface area (Å²) in [5.74, 6) is -0.438. The highest BCUT2D eigenvalue weighted by Gasteiger charge is 1.89. The molecule has 10 heavy (non-hydrogen) atoms. The van der Waals surface area contributed by atoms with E-state index in [9.17, 15) is 4.39 Å². The summed E-state index contributed by atoms with van der Waals surface area (Å²) in [6, 6.07) is 0. The van der Waals surface area contributed by atoms with Crippen LogP contribution in [0.15, 0.2) is 24.2 Å². The van der Waals surface area contributed by atoms with E-state index in [4.69, 9.17) is 0 Å². The van der Waals surface area contributed by atoms with E-state index in [-0.39, 0.29) is 0 Å². The van der Waals surface area contributed by atoms with Crippen LogP contribution in [0.4, 0.5) is 4.39 Å². The van der Waals surface area contributed by atoms with Crippen molar-refractivity contribution >= 4 is 0 Å². The van der Waals surface area contributed by atoms with Gasteiger partial charge in [-0.05, 0) is 13.0 Å². The Morgan fingerprint density at radius 3 is 2.40 bits per heavy atom. The number of nitrogens with zero attached hydrogens (tertiary/aromatic N) is 1. The van der Waals surface area contributed by atoms with Gasteiger partial charge in [-0.25, -0.2) is 9.40 Å². The predicted octanol–water partition coefficient (Wildman–Crippen LogP) is 1.44. The average Bonchev–Trinajstić information content (AvgIpc) is 1.58. The topological polar surface area (TPSA) is 15.3 Å². The summed E-state index contributed by atoms with van der Waals surface area (Å²) in [4.78, 5) is 0. The Bertz CT molecular complexity index is 150. The third-order valence-corrected chi connectivity index (χ3v) is 0.773. The molecule has 0 atom stereocenters. The zero-order valence-corrected chi connectivity index (χ0v) is 6.61. The first-order valence-corrected chi connectivity index (χ1v) is 2.99. The standard InChI is InChI=1S/C7H13FN2/c1-6(8)5-7(2)9-10(3)4/h5,9H,1H2,2-4H3/b7-5+. The zero-order chi connectivity index (χ0) is 8.15. The second-order valence-corrected chi connectivity index (χ2v) is 2.28. The lowest BCUT2D eigenvalue weighted by molar-refractivity contribution is 0.327. The number of halogens is 1. The van der Waals surface area contributed by atoms with Gasteiger partial charge in [-0.15, -0.1) is 0 Å². The molecule has 0 radical (unpaired) electrons. The van der Waals surface area contributed by atoms with E-state index >= 15 is 0 Å². The van der Waals surface area contributed by atoms with Crippen molar-refractivity contribution < 1.29 is 4.39 Å². The van der Waals surface area contributed by atoms with Gasteiger partial charge in [0.2, 0.25) is 0 Å². The van der Waals surface area contributed by atoms with Crippen molar-refractivity contribution in [1.29, 1.82) is 0 Å². The highest BCUT2D eigenvalue weighted by Crippen LogP contribution is 1.97. The van der Waals surface area contributed by atoms with Gasteiger partial charge in [0.1, 0.15) is 5.83 Å². The first-order chi connectivity index (χ1) is 4.52. The second kappa shape index (κ2) is 4.06. The predicted molar refractivity (Wildman–Crippen MR) is 40.8 cm³/mol. The van der Waals surface area contributed by atoms with Gasteiger partial charge < -0.3 is 5.43 Å². The van der Waals surface area contributed by atoms with Crippen LogP contribution >= 0.6 is 0 Å². The van der Waals surface area contributed by atoms with Crippen molar-refractivity contribution in [3.8, 4) is 0 Å². The van der Waals surface area contributed by atoms with Gasteiger partial charge in [0, 0.05) is 19.8 Å². The van der Waals surface area contributed by atoms with Gasteiger partial charge in [-0.2, -0.15) is 0 Å². The molecule has 58 valence electrons. The van der Waals surface area contributed by atoms with Gasteiger partial charge in [0.05, 0.1) is 0 Å². The van der Waals surface area contributed by atoms with Gasteiger partial charge >= 0.3 is 0 Å². The molecule has 2 nitrogen and oxygen atoms in total. The summed E-state index contributed by atoms with van der Waals surface area (Å²) in [7, 11) is 3.66. The molecule has 0 aliphatic carbocycles. The first kappa shape index (κ1) is 9.17. The number of hydrazine groups is 1. The Labute approximate surface area is 61.0 Å². The molecule has 0 aromatic carbocycles. The number of nitrogens with one attached hydrogen (secondary N) is 1. The summed E-state index contributed by atoms with van der Waals surface area (Å²) in [5.41, 5.74) is 3.60. The van der Waals surface area contributed by atoms with E-state index in [0.29, 0.717) is 0 Å². The minimum absolute atomic E-state index is 0.438. The fourth-order valence-corrected chi connectivity index (χ4v) is 0.620. The molecule has 0 heterocycles. The molecule has 0 saturated heterocycles. The highest BCUT2D eigenvalue weighted by atomic mass is 19.1. The van der Waals surface area contributed by atoms with E-state index in [2.05, 4.69) is 12.0 Å². The summed E-state index contributed by atoms with van der Waals surface area (Å²) in [5, 5.41) is 1.73. The fraction of sp³-hybridized carbons (Fsp3) is 0.429. The second-order valence-electron chi connectivity index (χ2n) is 2.28. The SMILES string of the molecule is C=C(F)/C=C(\C)NN(C)C. The van der Waals surface area contributed by atoms with Crippen LogP contribution in [0.1, 0.15) is 6.92 Å². The number of allylic oxidation sites excluding steroid dienone is 3. The van der Waals surface area contributed by atoms with E-state index < -0.39 is 5.83 Å². The fourth-order valence-electron chi connectivity index (χ4n) is 0.620. The Hall–Kier alpha value is -0.830. The Morgan fingerprint density at radius 2 is 2.10 bits per heavy atom. The lowest BCUT2D eigenvalue weighted by Crippen LogP contribution is -2.28. The molecule has 0 amide bonds. The minimum Gasteiger partial charge on any atom is -0.324 e. The summed E-state index contributed by atoms with van der Waals surface area (Å²) in [6.45, 7) is 4.87. The molecule has 0 aromatic heterocycles. The Balaban J connectivity index is 3.83.